The Balaban J connectivity index is 1.29. The van der Waals surface area contributed by atoms with Gasteiger partial charge in [0, 0.05) is 12.6 Å². The molecule has 27 heavy (non-hydrogen) atoms. The molecule has 4 aliphatic rings. The Labute approximate surface area is 163 Å². The normalized spacial score (nSPS) is 34.4. The van der Waals surface area contributed by atoms with Crippen molar-refractivity contribution in [2.24, 2.45) is 17.8 Å². The maximum absolute atomic E-state index is 11.9. The van der Waals surface area contributed by atoms with Crippen LogP contribution in [0.1, 0.15) is 49.3 Å². The molecule has 3 aliphatic carbocycles. The molecular formula is C22H30N2O2S. The van der Waals surface area contributed by atoms with Crippen molar-refractivity contribution in [3.8, 4) is 0 Å². The molecule has 1 aromatic carbocycles. The van der Waals surface area contributed by atoms with Crippen LogP contribution in [0, 0.1) is 17.8 Å². The Bertz CT molecular complexity index is 855. The fourth-order valence-electron chi connectivity index (χ4n) is 6.33. The lowest BCUT2D eigenvalue weighted by Gasteiger charge is -2.41. The molecule has 5 rings (SSSR count). The smallest absolute Gasteiger partial charge is 0.209 e. The number of fused-ring (bicyclic) bond motifs is 4. The van der Waals surface area contributed by atoms with E-state index >= 15 is 0 Å². The van der Waals surface area contributed by atoms with E-state index in [2.05, 4.69) is 40.0 Å². The molecule has 1 heterocycles. The van der Waals surface area contributed by atoms with Crippen LogP contribution in [0.5, 0.6) is 0 Å². The van der Waals surface area contributed by atoms with Gasteiger partial charge in [-0.2, -0.15) is 0 Å². The first kappa shape index (κ1) is 17.9. The maximum Gasteiger partial charge on any atom is 0.209 e. The van der Waals surface area contributed by atoms with Crippen LogP contribution in [0.4, 0.5) is 0 Å². The highest BCUT2D eigenvalue weighted by Crippen LogP contribution is 2.51. The molecule has 146 valence electrons. The fraction of sp³-hybridized carbons (Fsp3) is 0.636. The van der Waals surface area contributed by atoms with Gasteiger partial charge in [0.2, 0.25) is 10.0 Å². The Hall–Kier alpha value is -1.17. The predicted octanol–water partition coefficient (Wildman–Crippen LogP) is 3.23. The number of piperidine rings is 1. The van der Waals surface area contributed by atoms with Gasteiger partial charge in [0.25, 0.3) is 0 Å². The third-order valence-corrected chi connectivity index (χ3v) is 8.29. The fourth-order valence-corrected chi connectivity index (χ4v) is 7.06. The lowest BCUT2D eigenvalue weighted by molar-refractivity contribution is 0.129. The average molecular weight is 387 g/mol. The molecule has 2 fully saturated rings. The van der Waals surface area contributed by atoms with E-state index in [4.69, 9.17) is 0 Å². The van der Waals surface area contributed by atoms with E-state index in [1.807, 2.05) is 6.07 Å². The first-order chi connectivity index (χ1) is 12.9. The van der Waals surface area contributed by atoms with Gasteiger partial charge in [-0.05, 0) is 79.5 Å². The summed E-state index contributed by atoms with van der Waals surface area (Å²) >= 11 is 0. The molecule has 1 unspecified atom stereocenters. The molecule has 4 nitrogen and oxygen atoms in total. The van der Waals surface area contributed by atoms with Crippen molar-refractivity contribution >= 4 is 10.0 Å². The highest BCUT2D eigenvalue weighted by molar-refractivity contribution is 7.88. The molecule has 4 atom stereocenters. The van der Waals surface area contributed by atoms with E-state index in [0.29, 0.717) is 0 Å². The third-order valence-electron chi connectivity index (χ3n) is 7.58. The number of hydrogen-bond acceptors (Lipinski definition) is 3. The van der Waals surface area contributed by atoms with E-state index < -0.39 is 10.0 Å². The van der Waals surface area contributed by atoms with Crippen LogP contribution in [0.15, 0.2) is 36.4 Å². The van der Waals surface area contributed by atoms with Gasteiger partial charge >= 0.3 is 0 Å². The quantitative estimate of drug-likeness (QED) is 0.809. The van der Waals surface area contributed by atoms with Gasteiger partial charge in [-0.3, -0.25) is 0 Å². The van der Waals surface area contributed by atoms with E-state index in [0.717, 1.165) is 50.1 Å². The van der Waals surface area contributed by atoms with Crippen molar-refractivity contribution in [1.82, 2.24) is 9.62 Å². The van der Waals surface area contributed by atoms with Gasteiger partial charge in [0.1, 0.15) is 0 Å². The zero-order chi connectivity index (χ0) is 18.6. The summed E-state index contributed by atoms with van der Waals surface area (Å²) in [5, 5.41) is 0. The summed E-state index contributed by atoms with van der Waals surface area (Å²) < 4.78 is 26.6. The molecule has 1 spiro atoms. The number of sulfonamides is 1. The largest absolute Gasteiger partial charge is 0.303 e. The Morgan fingerprint density at radius 3 is 2.59 bits per heavy atom. The molecule has 2 bridgehead atoms. The topological polar surface area (TPSA) is 49.4 Å². The molecule has 0 amide bonds. The van der Waals surface area contributed by atoms with Gasteiger partial charge in [0.05, 0.1) is 6.26 Å². The summed E-state index contributed by atoms with van der Waals surface area (Å²) in [5.74, 6) is 2.52. The van der Waals surface area contributed by atoms with Crippen LogP contribution in [0.2, 0.25) is 0 Å². The summed E-state index contributed by atoms with van der Waals surface area (Å²) in [6.45, 7) is 3.52. The van der Waals surface area contributed by atoms with Gasteiger partial charge in [-0.15, -0.1) is 0 Å². The minimum absolute atomic E-state index is 0.0709. The number of allylic oxidation sites excluding steroid dienone is 2. The molecular weight excluding hydrogens is 356 g/mol. The van der Waals surface area contributed by atoms with Crippen molar-refractivity contribution in [1.29, 1.82) is 0 Å². The molecule has 0 aromatic heterocycles. The highest BCUT2D eigenvalue weighted by atomic mass is 32.2. The molecule has 1 aromatic rings. The van der Waals surface area contributed by atoms with Gasteiger partial charge < -0.3 is 4.90 Å². The maximum atomic E-state index is 11.9. The van der Waals surface area contributed by atoms with E-state index in [9.17, 15) is 8.42 Å². The molecule has 1 saturated carbocycles. The Morgan fingerprint density at radius 2 is 1.93 bits per heavy atom. The molecule has 5 heteroatoms. The summed E-state index contributed by atoms with van der Waals surface area (Å²) in [5.41, 5.74) is 2.72. The van der Waals surface area contributed by atoms with Crippen molar-refractivity contribution in [2.45, 2.75) is 43.6 Å². The summed E-state index contributed by atoms with van der Waals surface area (Å²) in [4.78, 5) is 2.67. The van der Waals surface area contributed by atoms with E-state index in [1.165, 1.54) is 36.8 Å². The number of rotatable bonds is 4. The van der Waals surface area contributed by atoms with Gasteiger partial charge in [0.15, 0.2) is 0 Å². The van der Waals surface area contributed by atoms with Crippen molar-refractivity contribution in [2.75, 3.05) is 25.9 Å². The summed E-state index contributed by atoms with van der Waals surface area (Å²) in [6, 6.07) is 8.42. The molecule has 0 radical (unpaired) electrons. The highest BCUT2D eigenvalue weighted by Gasteiger charge is 2.46. The summed E-state index contributed by atoms with van der Waals surface area (Å²) in [6.07, 6.45) is 12.1. The van der Waals surface area contributed by atoms with Crippen LogP contribution in [0.3, 0.4) is 0 Å². The number of hydrogen-bond donors (Lipinski definition) is 1. The van der Waals surface area contributed by atoms with Crippen LogP contribution >= 0.6 is 0 Å². The average Bonchev–Trinajstić information content (AvgIpc) is 3.31. The van der Waals surface area contributed by atoms with Crippen LogP contribution < -0.4 is 4.72 Å². The number of benzene rings is 1. The second kappa shape index (κ2) is 6.43. The Kier molecular flexibility index (Phi) is 4.26. The van der Waals surface area contributed by atoms with Crippen molar-refractivity contribution in [3.63, 3.8) is 0 Å². The van der Waals surface area contributed by atoms with Gasteiger partial charge in [-0.25, -0.2) is 13.1 Å². The third kappa shape index (κ3) is 3.28. The van der Waals surface area contributed by atoms with Crippen LogP contribution in [-0.4, -0.2) is 39.2 Å². The minimum atomic E-state index is -3.20. The lowest BCUT2D eigenvalue weighted by Crippen LogP contribution is -2.44. The standard InChI is InChI=1S/C22H30N2O2S/c1-27(25,26)23-21-14-22(20-5-3-2-4-19(20)21)8-10-24(11-9-22)15-18-13-16-6-7-17(18)12-16/h2-7,16-18,21,23H,8-15H2,1H3/t16-,17?,18+,21-/m0/s1. The monoisotopic (exact) mass is 386 g/mol. The zero-order valence-corrected chi connectivity index (χ0v) is 16.9. The first-order valence-electron chi connectivity index (χ1n) is 10.4. The summed E-state index contributed by atoms with van der Waals surface area (Å²) in [7, 11) is -3.20. The van der Waals surface area contributed by atoms with E-state index in [-0.39, 0.29) is 11.5 Å². The zero-order valence-electron chi connectivity index (χ0n) is 16.1. The molecule has 1 N–H and O–H groups in total. The minimum Gasteiger partial charge on any atom is -0.303 e. The Morgan fingerprint density at radius 1 is 1.15 bits per heavy atom. The lowest BCUT2D eigenvalue weighted by atomic mass is 9.73. The van der Waals surface area contributed by atoms with Gasteiger partial charge in [-0.1, -0.05) is 36.4 Å². The SMILES string of the molecule is CS(=O)(=O)N[C@H]1CC2(CCN(C[C@H]3C[C@H]4C=CC3C4)CC2)c2ccccc21. The first-order valence-corrected chi connectivity index (χ1v) is 12.3. The predicted molar refractivity (Wildman–Crippen MR) is 108 cm³/mol. The second-order valence-corrected chi connectivity index (χ2v) is 11.1. The van der Waals surface area contributed by atoms with E-state index in [1.54, 1.807) is 0 Å². The second-order valence-electron chi connectivity index (χ2n) is 9.36. The van der Waals surface area contributed by atoms with Crippen LogP contribution in [-0.2, 0) is 15.4 Å². The number of nitrogens with zero attached hydrogens (tertiary/aromatic N) is 1. The number of nitrogens with one attached hydrogen (secondary N) is 1. The van der Waals surface area contributed by atoms with Crippen molar-refractivity contribution in [3.05, 3.63) is 47.5 Å². The van der Waals surface area contributed by atoms with Crippen molar-refractivity contribution < 1.29 is 8.42 Å². The molecule has 1 aliphatic heterocycles. The van der Waals surface area contributed by atoms with Crippen LogP contribution in [0.25, 0.3) is 0 Å². The number of likely N-dealkylation sites (tertiary alicyclic amines) is 1. The molecule has 1 saturated heterocycles.